The number of methoxy groups -OCH3 is 2. The van der Waals surface area contributed by atoms with Crippen molar-refractivity contribution in [3.63, 3.8) is 0 Å². The number of benzene rings is 1. The summed E-state index contributed by atoms with van der Waals surface area (Å²) in [5.74, 6) is 0.941. The van der Waals surface area contributed by atoms with Gasteiger partial charge in [0.25, 0.3) is 0 Å². The molecule has 1 saturated heterocycles. The van der Waals surface area contributed by atoms with Crippen molar-refractivity contribution in [3.05, 3.63) is 23.8 Å². The number of hydrogen-bond donors (Lipinski definition) is 2. The van der Waals surface area contributed by atoms with Crippen LogP contribution < -0.4 is 20.5 Å². The molecule has 2 unspecified atom stereocenters. The maximum absolute atomic E-state index is 11.7. The van der Waals surface area contributed by atoms with Gasteiger partial charge in [-0.3, -0.25) is 4.79 Å². The molecule has 2 atom stereocenters. The third-order valence-corrected chi connectivity index (χ3v) is 3.98. The van der Waals surface area contributed by atoms with Crippen molar-refractivity contribution in [3.8, 4) is 11.5 Å². The Labute approximate surface area is 113 Å². The van der Waals surface area contributed by atoms with E-state index in [-0.39, 0.29) is 17.2 Å². The van der Waals surface area contributed by atoms with Crippen LogP contribution in [-0.2, 0) is 10.2 Å². The second-order valence-electron chi connectivity index (χ2n) is 5.07. The predicted molar refractivity (Wildman–Crippen MR) is 72.5 cm³/mol. The number of primary amides is 1. The standard InChI is InChI=1S/C14H20N2O3/c1-14(8-16-7-11(14)13(15)17)10-6-9(18-2)4-5-12(10)19-3/h4-6,11,16H,7-8H2,1-3H3,(H2,15,17). The fourth-order valence-electron chi connectivity index (χ4n) is 2.78. The van der Waals surface area contributed by atoms with E-state index in [1.807, 2.05) is 25.1 Å². The highest BCUT2D eigenvalue weighted by Crippen LogP contribution is 2.41. The van der Waals surface area contributed by atoms with Crippen LogP contribution in [-0.4, -0.2) is 33.2 Å². The molecule has 0 aromatic heterocycles. The van der Waals surface area contributed by atoms with Gasteiger partial charge in [-0.05, 0) is 18.2 Å². The molecular weight excluding hydrogens is 244 g/mol. The van der Waals surface area contributed by atoms with Crippen LogP contribution >= 0.6 is 0 Å². The molecule has 1 fully saturated rings. The second kappa shape index (κ2) is 5.09. The van der Waals surface area contributed by atoms with E-state index in [2.05, 4.69) is 5.32 Å². The molecule has 19 heavy (non-hydrogen) atoms. The third-order valence-electron chi connectivity index (χ3n) is 3.98. The molecular formula is C14H20N2O3. The van der Waals surface area contributed by atoms with Crippen molar-refractivity contribution in [2.24, 2.45) is 11.7 Å². The Bertz CT molecular complexity index is 490. The summed E-state index contributed by atoms with van der Waals surface area (Å²) >= 11 is 0. The molecule has 5 nitrogen and oxygen atoms in total. The molecule has 0 aliphatic carbocycles. The summed E-state index contributed by atoms with van der Waals surface area (Å²) in [6, 6.07) is 5.62. The van der Waals surface area contributed by atoms with Gasteiger partial charge in [0.2, 0.25) is 5.91 Å². The summed E-state index contributed by atoms with van der Waals surface area (Å²) in [4.78, 5) is 11.7. The summed E-state index contributed by atoms with van der Waals surface area (Å²) in [5.41, 5.74) is 6.09. The first kappa shape index (κ1) is 13.7. The van der Waals surface area contributed by atoms with E-state index in [4.69, 9.17) is 15.2 Å². The molecule has 5 heteroatoms. The first-order valence-corrected chi connectivity index (χ1v) is 6.25. The number of nitrogens with one attached hydrogen (secondary N) is 1. The van der Waals surface area contributed by atoms with Gasteiger partial charge in [0.05, 0.1) is 20.1 Å². The summed E-state index contributed by atoms with van der Waals surface area (Å²) in [6.07, 6.45) is 0. The lowest BCUT2D eigenvalue weighted by Crippen LogP contribution is -2.40. The summed E-state index contributed by atoms with van der Waals surface area (Å²) in [5, 5.41) is 3.23. The maximum Gasteiger partial charge on any atom is 0.222 e. The minimum atomic E-state index is -0.383. The van der Waals surface area contributed by atoms with Gasteiger partial charge in [-0.15, -0.1) is 0 Å². The van der Waals surface area contributed by atoms with E-state index in [0.717, 1.165) is 17.1 Å². The van der Waals surface area contributed by atoms with Gasteiger partial charge in [0, 0.05) is 24.1 Å². The Hall–Kier alpha value is -1.75. The van der Waals surface area contributed by atoms with E-state index in [9.17, 15) is 4.79 Å². The highest BCUT2D eigenvalue weighted by molar-refractivity contribution is 5.80. The molecule has 1 aliphatic rings. The molecule has 3 N–H and O–H groups in total. The van der Waals surface area contributed by atoms with Crippen molar-refractivity contribution in [2.75, 3.05) is 27.3 Å². The number of carbonyl (C=O) groups is 1. The summed E-state index contributed by atoms with van der Waals surface area (Å²) in [7, 11) is 3.24. The monoisotopic (exact) mass is 264 g/mol. The molecule has 104 valence electrons. The topological polar surface area (TPSA) is 73.6 Å². The first-order chi connectivity index (χ1) is 9.02. The van der Waals surface area contributed by atoms with Crippen molar-refractivity contribution >= 4 is 5.91 Å². The van der Waals surface area contributed by atoms with Crippen LogP contribution in [0.15, 0.2) is 18.2 Å². The number of nitrogens with two attached hydrogens (primary N) is 1. The Morgan fingerprint density at radius 3 is 2.74 bits per heavy atom. The fourth-order valence-corrected chi connectivity index (χ4v) is 2.78. The molecule has 1 aliphatic heterocycles. The Morgan fingerprint density at radius 1 is 1.42 bits per heavy atom. The van der Waals surface area contributed by atoms with Gasteiger partial charge in [-0.25, -0.2) is 0 Å². The average Bonchev–Trinajstić information content (AvgIpc) is 2.81. The highest BCUT2D eigenvalue weighted by Gasteiger charge is 2.45. The highest BCUT2D eigenvalue weighted by atomic mass is 16.5. The number of carbonyl (C=O) groups excluding carboxylic acids is 1. The van der Waals surface area contributed by atoms with Crippen LogP contribution in [0.5, 0.6) is 11.5 Å². The van der Waals surface area contributed by atoms with E-state index < -0.39 is 0 Å². The van der Waals surface area contributed by atoms with Crippen molar-refractivity contribution in [1.29, 1.82) is 0 Å². The zero-order valence-corrected chi connectivity index (χ0v) is 11.5. The second-order valence-corrected chi connectivity index (χ2v) is 5.07. The summed E-state index contributed by atoms with van der Waals surface area (Å²) < 4.78 is 10.7. The molecule has 0 spiro atoms. The molecule has 1 aromatic rings. The molecule has 2 rings (SSSR count). The van der Waals surface area contributed by atoms with Crippen LogP contribution in [0.1, 0.15) is 12.5 Å². The third kappa shape index (κ3) is 2.26. The zero-order valence-electron chi connectivity index (χ0n) is 11.5. The molecule has 1 amide bonds. The lowest BCUT2D eigenvalue weighted by Gasteiger charge is -2.30. The van der Waals surface area contributed by atoms with Crippen molar-refractivity contribution in [1.82, 2.24) is 5.32 Å². The lowest BCUT2D eigenvalue weighted by atomic mass is 9.73. The maximum atomic E-state index is 11.7. The van der Waals surface area contributed by atoms with Gasteiger partial charge in [-0.1, -0.05) is 6.92 Å². The van der Waals surface area contributed by atoms with E-state index >= 15 is 0 Å². The van der Waals surface area contributed by atoms with E-state index in [1.165, 1.54) is 0 Å². The zero-order chi connectivity index (χ0) is 14.0. The molecule has 1 aromatic carbocycles. The van der Waals surface area contributed by atoms with Gasteiger partial charge in [-0.2, -0.15) is 0 Å². The SMILES string of the molecule is COc1ccc(OC)c(C2(C)CNCC2C(N)=O)c1. The predicted octanol–water partition coefficient (Wildman–Crippen LogP) is 0.666. The van der Waals surface area contributed by atoms with Gasteiger partial charge < -0.3 is 20.5 Å². The van der Waals surface area contributed by atoms with E-state index in [1.54, 1.807) is 14.2 Å². The van der Waals surface area contributed by atoms with Crippen LogP contribution in [0, 0.1) is 5.92 Å². The van der Waals surface area contributed by atoms with Crippen LogP contribution in [0.3, 0.4) is 0 Å². The Morgan fingerprint density at radius 2 is 2.16 bits per heavy atom. The number of hydrogen-bond acceptors (Lipinski definition) is 4. The van der Waals surface area contributed by atoms with Gasteiger partial charge >= 0.3 is 0 Å². The minimum absolute atomic E-state index is 0.256. The quantitative estimate of drug-likeness (QED) is 0.838. The average molecular weight is 264 g/mol. The number of ether oxygens (including phenoxy) is 2. The molecule has 0 bridgehead atoms. The molecule has 0 saturated carbocycles. The summed E-state index contributed by atoms with van der Waals surface area (Å²) in [6.45, 7) is 3.30. The molecule has 0 radical (unpaired) electrons. The molecule has 1 heterocycles. The first-order valence-electron chi connectivity index (χ1n) is 6.25. The van der Waals surface area contributed by atoms with Crippen LogP contribution in [0.4, 0.5) is 0 Å². The fraction of sp³-hybridized carbons (Fsp3) is 0.500. The normalized spacial score (nSPS) is 26.2. The lowest BCUT2D eigenvalue weighted by molar-refractivity contribution is -0.122. The van der Waals surface area contributed by atoms with Crippen LogP contribution in [0.25, 0.3) is 0 Å². The minimum Gasteiger partial charge on any atom is -0.497 e. The van der Waals surface area contributed by atoms with Crippen molar-refractivity contribution < 1.29 is 14.3 Å². The largest absolute Gasteiger partial charge is 0.497 e. The Kier molecular flexibility index (Phi) is 3.66. The number of amides is 1. The van der Waals surface area contributed by atoms with E-state index in [0.29, 0.717) is 13.1 Å². The van der Waals surface area contributed by atoms with Crippen molar-refractivity contribution in [2.45, 2.75) is 12.3 Å². The Balaban J connectivity index is 2.52. The smallest absolute Gasteiger partial charge is 0.222 e. The van der Waals surface area contributed by atoms with Gasteiger partial charge in [0.15, 0.2) is 0 Å². The van der Waals surface area contributed by atoms with Crippen LogP contribution in [0.2, 0.25) is 0 Å². The number of rotatable bonds is 4. The van der Waals surface area contributed by atoms with Gasteiger partial charge in [0.1, 0.15) is 11.5 Å².